The van der Waals surface area contributed by atoms with Gasteiger partial charge in [0, 0.05) is 6.04 Å². The SMILES string of the molecule is CCCC(C)Nc1ccc(OC)cc1[N+](=O)[O-]. The summed E-state index contributed by atoms with van der Waals surface area (Å²) in [5.74, 6) is 0.491. The Hall–Kier alpha value is -1.78. The molecule has 1 N–H and O–H groups in total. The van der Waals surface area contributed by atoms with Crippen molar-refractivity contribution in [3.63, 3.8) is 0 Å². The number of benzene rings is 1. The Morgan fingerprint density at radius 2 is 2.24 bits per heavy atom. The number of nitro groups is 1. The molecular weight excluding hydrogens is 220 g/mol. The Kier molecular flexibility index (Phi) is 4.75. The van der Waals surface area contributed by atoms with E-state index in [2.05, 4.69) is 12.2 Å². The molecule has 0 saturated carbocycles. The first kappa shape index (κ1) is 13.3. The number of hydrogen-bond acceptors (Lipinski definition) is 4. The smallest absolute Gasteiger partial charge is 0.296 e. The molecule has 1 aromatic carbocycles. The van der Waals surface area contributed by atoms with Gasteiger partial charge in [-0.15, -0.1) is 0 Å². The molecule has 17 heavy (non-hydrogen) atoms. The molecule has 5 nitrogen and oxygen atoms in total. The minimum Gasteiger partial charge on any atom is -0.496 e. The number of methoxy groups -OCH3 is 1. The van der Waals surface area contributed by atoms with E-state index in [1.54, 1.807) is 12.1 Å². The van der Waals surface area contributed by atoms with Gasteiger partial charge in [0.25, 0.3) is 5.69 Å². The summed E-state index contributed by atoms with van der Waals surface area (Å²) in [6.07, 6.45) is 2.02. The molecule has 0 aliphatic carbocycles. The lowest BCUT2D eigenvalue weighted by Gasteiger charge is -2.14. The highest BCUT2D eigenvalue weighted by Crippen LogP contribution is 2.29. The second-order valence-electron chi connectivity index (χ2n) is 3.97. The van der Waals surface area contributed by atoms with E-state index in [1.807, 2.05) is 6.92 Å². The molecule has 0 aliphatic rings. The fourth-order valence-corrected chi connectivity index (χ4v) is 1.68. The minimum atomic E-state index is -0.399. The fourth-order valence-electron chi connectivity index (χ4n) is 1.68. The zero-order chi connectivity index (χ0) is 12.8. The van der Waals surface area contributed by atoms with Gasteiger partial charge >= 0.3 is 0 Å². The van der Waals surface area contributed by atoms with Crippen molar-refractivity contribution in [2.45, 2.75) is 32.7 Å². The lowest BCUT2D eigenvalue weighted by Crippen LogP contribution is -2.15. The Labute approximate surface area is 101 Å². The topological polar surface area (TPSA) is 64.4 Å². The van der Waals surface area contributed by atoms with Crippen LogP contribution in [0.25, 0.3) is 0 Å². The van der Waals surface area contributed by atoms with E-state index >= 15 is 0 Å². The van der Waals surface area contributed by atoms with Crippen molar-refractivity contribution in [1.82, 2.24) is 0 Å². The third kappa shape index (κ3) is 3.62. The Balaban J connectivity index is 2.94. The molecule has 0 aliphatic heterocycles. The summed E-state index contributed by atoms with van der Waals surface area (Å²) < 4.78 is 4.98. The van der Waals surface area contributed by atoms with Crippen LogP contribution in [0.4, 0.5) is 11.4 Å². The van der Waals surface area contributed by atoms with Crippen molar-refractivity contribution in [2.24, 2.45) is 0 Å². The summed E-state index contributed by atoms with van der Waals surface area (Å²) in [6.45, 7) is 4.10. The molecule has 0 bridgehead atoms. The van der Waals surface area contributed by atoms with Crippen molar-refractivity contribution in [3.05, 3.63) is 28.3 Å². The molecular formula is C12H18N2O3. The largest absolute Gasteiger partial charge is 0.496 e. The van der Waals surface area contributed by atoms with Crippen LogP contribution in [0, 0.1) is 10.1 Å². The summed E-state index contributed by atoms with van der Waals surface area (Å²) in [7, 11) is 1.49. The zero-order valence-corrected chi connectivity index (χ0v) is 10.4. The van der Waals surface area contributed by atoms with Crippen LogP contribution < -0.4 is 10.1 Å². The van der Waals surface area contributed by atoms with E-state index in [0.717, 1.165) is 12.8 Å². The van der Waals surface area contributed by atoms with E-state index in [1.165, 1.54) is 13.2 Å². The molecule has 94 valence electrons. The Morgan fingerprint density at radius 1 is 1.53 bits per heavy atom. The highest BCUT2D eigenvalue weighted by Gasteiger charge is 2.16. The predicted octanol–water partition coefficient (Wildman–Crippen LogP) is 3.20. The van der Waals surface area contributed by atoms with Crippen LogP contribution in [0.2, 0.25) is 0 Å². The van der Waals surface area contributed by atoms with Gasteiger partial charge in [0.15, 0.2) is 0 Å². The lowest BCUT2D eigenvalue weighted by atomic mass is 10.1. The third-order valence-corrected chi connectivity index (χ3v) is 2.53. The van der Waals surface area contributed by atoms with Gasteiger partial charge in [-0.2, -0.15) is 0 Å². The van der Waals surface area contributed by atoms with Gasteiger partial charge in [0.1, 0.15) is 11.4 Å². The molecule has 1 rings (SSSR count). The van der Waals surface area contributed by atoms with E-state index < -0.39 is 4.92 Å². The number of anilines is 1. The van der Waals surface area contributed by atoms with Crippen LogP contribution in [-0.2, 0) is 0 Å². The quantitative estimate of drug-likeness (QED) is 0.610. The highest BCUT2D eigenvalue weighted by atomic mass is 16.6. The fraction of sp³-hybridized carbons (Fsp3) is 0.500. The zero-order valence-electron chi connectivity index (χ0n) is 10.4. The number of nitro benzene ring substituents is 1. The van der Waals surface area contributed by atoms with Crippen molar-refractivity contribution in [1.29, 1.82) is 0 Å². The van der Waals surface area contributed by atoms with E-state index in [4.69, 9.17) is 4.74 Å². The molecule has 1 atom stereocenters. The van der Waals surface area contributed by atoms with Gasteiger partial charge in [-0.25, -0.2) is 0 Å². The monoisotopic (exact) mass is 238 g/mol. The van der Waals surface area contributed by atoms with Crippen LogP contribution in [0.5, 0.6) is 5.75 Å². The molecule has 1 unspecified atom stereocenters. The van der Waals surface area contributed by atoms with Crippen LogP contribution in [0.15, 0.2) is 18.2 Å². The maximum absolute atomic E-state index is 10.9. The minimum absolute atomic E-state index is 0.0484. The standard InChI is InChI=1S/C12H18N2O3/c1-4-5-9(2)13-11-7-6-10(17-3)8-12(11)14(15)16/h6-9,13H,4-5H2,1-3H3. The molecule has 0 heterocycles. The first-order valence-electron chi connectivity index (χ1n) is 5.67. The maximum atomic E-state index is 10.9. The second-order valence-corrected chi connectivity index (χ2v) is 3.97. The summed E-state index contributed by atoms with van der Waals surface area (Å²) in [5, 5.41) is 14.1. The van der Waals surface area contributed by atoms with Crippen molar-refractivity contribution < 1.29 is 9.66 Å². The van der Waals surface area contributed by atoms with Gasteiger partial charge in [-0.3, -0.25) is 10.1 Å². The highest BCUT2D eigenvalue weighted by molar-refractivity contribution is 5.64. The van der Waals surface area contributed by atoms with E-state index in [-0.39, 0.29) is 11.7 Å². The summed E-state index contributed by atoms with van der Waals surface area (Å²) in [5.41, 5.74) is 0.587. The average Bonchev–Trinajstić information content (AvgIpc) is 2.29. The number of nitrogens with one attached hydrogen (secondary N) is 1. The normalized spacial score (nSPS) is 11.9. The molecule has 0 radical (unpaired) electrons. The molecule has 5 heteroatoms. The van der Waals surface area contributed by atoms with E-state index in [9.17, 15) is 10.1 Å². The van der Waals surface area contributed by atoms with Crippen LogP contribution >= 0.6 is 0 Å². The maximum Gasteiger partial charge on any atom is 0.296 e. The number of ether oxygens (including phenoxy) is 1. The third-order valence-electron chi connectivity index (χ3n) is 2.53. The Bertz CT molecular complexity index is 393. The first-order chi connectivity index (χ1) is 8.08. The number of nitrogens with zero attached hydrogens (tertiary/aromatic N) is 1. The summed E-state index contributed by atoms with van der Waals surface area (Å²) in [4.78, 5) is 10.5. The first-order valence-corrected chi connectivity index (χ1v) is 5.67. The summed E-state index contributed by atoms with van der Waals surface area (Å²) in [6, 6.07) is 5.05. The molecule has 0 amide bonds. The second kappa shape index (κ2) is 6.08. The molecule has 0 saturated heterocycles. The van der Waals surface area contributed by atoms with E-state index in [0.29, 0.717) is 11.4 Å². The van der Waals surface area contributed by atoms with Crippen LogP contribution in [-0.4, -0.2) is 18.1 Å². The van der Waals surface area contributed by atoms with Crippen LogP contribution in [0.3, 0.4) is 0 Å². The molecule has 1 aromatic rings. The number of hydrogen-bond donors (Lipinski definition) is 1. The number of rotatable bonds is 6. The summed E-state index contributed by atoms with van der Waals surface area (Å²) >= 11 is 0. The van der Waals surface area contributed by atoms with Crippen LogP contribution in [0.1, 0.15) is 26.7 Å². The van der Waals surface area contributed by atoms with Crippen molar-refractivity contribution in [3.8, 4) is 5.75 Å². The van der Waals surface area contributed by atoms with Gasteiger partial charge in [-0.1, -0.05) is 13.3 Å². The van der Waals surface area contributed by atoms with Gasteiger partial charge < -0.3 is 10.1 Å². The molecule has 0 fully saturated rings. The molecule has 0 aromatic heterocycles. The molecule has 0 spiro atoms. The van der Waals surface area contributed by atoms with Gasteiger partial charge in [-0.05, 0) is 25.5 Å². The lowest BCUT2D eigenvalue weighted by molar-refractivity contribution is -0.384. The van der Waals surface area contributed by atoms with Gasteiger partial charge in [0.2, 0.25) is 0 Å². The van der Waals surface area contributed by atoms with Gasteiger partial charge in [0.05, 0.1) is 18.1 Å². The van der Waals surface area contributed by atoms with Crippen molar-refractivity contribution >= 4 is 11.4 Å². The van der Waals surface area contributed by atoms with Crippen molar-refractivity contribution in [2.75, 3.05) is 12.4 Å². The Morgan fingerprint density at radius 3 is 2.76 bits per heavy atom. The average molecular weight is 238 g/mol. The predicted molar refractivity (Wildman–Crippen MR) is 67.6 cm³/mol.